The van der Waals surface area contributed by atoms with E-state index in [9.17, 15) is 18.0 Å². The summed E-state index contributed by atoms with van der Waals surface area (Å²) in [6.45, 7) is 0. The fraction of sp³-hybridized carbons (Fsp3) is 0.286. The highest BCUT2D eigenvalue weighted by Gasteiger charge is 2.40. The highest BCUT2D eigenvalue weighted by atomic mass is 19.4. The number of rotatable bonds is 3. The van der Waals surface area contributed by atoms with E-state index in [1.54, 1.807) is 0 Å². The maximum absolute atomic E-state index is 13.4. The molecule has 0 heterocycles. The maximum Gasteiger partial charge on any atom is 0.419 e. The minimum atomic E-state index is -4.65. The number of carbonyl (C=O) groups is 1. The fourth-order valence-electron chi connectivity index (χ4n) is 3.09. The summed E-state index contributed by atoms with van der Waals surface area (Å²) in [6.07, 6.45) is -2.12. The highest BCUT2D eigenvalue weighted by Crippen LogP contribution is 2.41. The normalized spacial score (nSPS) is 15.7. The molecule has 0 bridgehead atoms. The van der Waals surface area contributed by atoms with Gasteiger partial charge in [-0.15, -0.1) is 0 Å². The average Bonchev–Trinajstić information content (AvgIpc) is 3.08. The van der Waals surface area contributed by atoms with Gasteiger partial charge in [0.25, 0.3) is 0 Å². The number of aromatic carboxylic acids is 1. The summed E-state index contributed by atoms with van der Waals surface area (Å²) in [4.78, 5) is 11.2. The topological polar surface area (TPSA) is 46.5 Å². The molecule has 1 aliphatic carbocycles. The Labute approximate surface area is 154 Å². The second kappa shape index (κ2) is 7.36. The van der Waals surface area contributed by atoms with Crippen molar-refractivity contribution in [3.05, 3.63) is 65.2 Å². The van der Waals surface area contributed by atoms with Gasteiger partial charge in [0.15, 0.2) is 5.60 Å². The van der Waals surface area contributed by atoms with E-state index >= 15 is 0 Å². The van der Waals surface area contributed by atoms with Gasteiger partial charge in [0.2, 0.25) is 0 Å². The second-order valence-electron chi connectivity index (χ2n) is 6.43. The molecule has 1 N–H and O–H groups in total. The van der Waals surface area contributed by atoms with Crippen molar-refractivity contribution in [2.75, 3.05) is 0 Å². The zero-order chi connectivity index (χ0) is 19.5. The molecule has 27 heavy (non-hydrogen) atoms. The SMILES string of the molecule is O=C(O)c1ccc(C(F)(F)F)c(OC2(C#Cc3ccccc3)CCCC2)c1. The first kappa shape index (κ1) is 18.8. The molecule has 0 aromatic heterocycles. The lowest BCUT2D eigenvalue weighted by molar-refractivity contribution is -0.139. The molecule has 2 aromatic rings. The fourth-order valence-corrected chi connectivity index (χ4v) is 3.09. The van der Waals surface area contributed by atoms with E-state index in [0.717, 1.165) is 36.6 Å². The lowest BCUT2D eigenvalue weighted by atomic mass is 10.0. The third kappa shape index (κ3) is 4.43. The molecule has 0 saturated heterocycles. The Hall–Kier alpha value is -2.94. The largest absolute Gasteiger partial charge is 0.478 e. The van der Waals surface area contributed by atoms with Gasteiger partial charge in [0.05, 0.1) is 11.1 Å². The lowest BCUT2D eigenvalue weighted by Crippen LogP contribution is -2.31. The van der Waals surface area contributed by atoms with Gasteiger partial charge in [0.1, 0.15) is 5.75 Å². The molecule has 3 rings (SSSR count). The van der Waals surface area contributed by atoms with Crippen LogP contribution in [0.3, 0.4) is 0 Å². The Bertz CT molecular complexity index is 886. The minimum absolute atomic E-state index is 0.262. The average molecular weight is 374 g/mol. The van der Waals surface area contributed by atoms with Crippen molar-refractivity contribution < 1.29 is 27.8 Å². The molecular weight excluding hydrogens is 357 g/mol. The van der Waals surface area contributed by atoms with E-state index in [4.69, 9.17) is 9.84 Å². The van der Waals surface area contributed by atoms with Gasteiger partial charge < -0.3 is 9.84 Å². The lowest BCUT2D eigenvalue weighted by Gasteiger charge is -2.27. The van der Waals surface area contributed by atoms with Crippen LogP contribution in [0.25, 0.3) is 0 Å². The van der Waals surface area contributed by atoms with Crippen LogP contribution in [-0.4, -0.2) is 16.7 Å². The van der Waals surface area contributed by atoms with E-state index in [2.05, 4.69) is 11.8 Å². The first-order valence-corrected chi connectivity index (χ1v) is 8.51. The number of carboxylic acid groups (broad SMARTS) is 1. The minimum Gasteiger partial charge on any atom is -0.478 e. The van der Waals surface area contributed by atoms with Crippen molar-refractivity contribution in [3.8, 4) is 17.6 Å². The van der Waals surface area contributed by atoms with Crippen molar-refractivity contribution in [2.24, 2.45) is 0 Å². The molecular formula is C21H17F3O3. The van der Waals surface area contributed by atoms with E-state index in [-0.39, 0.29) is 5.56 Å². The number of carboxylic acids is 1. The first-order chi connectivity index (χ1) is 12.8. The molecule has 0 atom stereocenters. The van der Waals surface area contributed by atoms with Crippen LogP contribution in [0.1, 0.15) is 47.2 Å². The van der Waals surface area contributed by atoms with Gasteiger partial charge >= 0.3 is 12.1 Å². The summed E-state index contributed by atoms with van der Waals surface area (Å²) in [5, 5.41) is 9.12. The van der Waals surface area contributed by atoms with Crippen LogP contribution in [-0.2, 0) is 6.18 Å². The monoisotopic (exact) mass is 374 g/mol. The van der Waals surface area contributed by atoms with E-state index < -0.39 is 29.1 Å². The third-order valence-electron chi connectivity index (χ3n) is 4.46. The molecule has 0 spiro atoms. The van der Waals surface area contributed by atoms with Gasteiger partial charge in [-0.1, -0.05) is 30.0 Å². The molecule has 0 aliphatic heterocycles. The van der Waals surface area contributed by atoms with Crippen molar-refractivity contribution in [3.63, 3.8) is 0 Å². The number of hydrogen-bond donors (Lipinski definition) is 1. The summed E-state index contributed by atoms with van der Waals surface area (Å²) >= 11 is 0. The van der Waals surface area contributed by atoms with Gasteiger partial charge in [-0.2, -0.15) is 13.2 Å². The first-order valence-electron chi connectivity index (χ1n) is 8.51. The van der Waals surface area contributed by atoms with Gasteiger partial charge in [0, 0.05) is 5.56 Å². The predicted molar refractivity (Wildman–Crippen MR) is 93.6 cm³/mol. The molecule has 0 amide bonds. The van der Waals surface area contributed by atoms with Crippen LogP contribution in [0.4, 0.5) is 13.2 Å². The molecule has 3 nitrogen and oxygen atoms in total. The number of halogens is 3. The number of benzene rings is 2. The number of alkyl halides is 3. The van der Waals surface area contributed by atoms with Crippen LogP contribution in [0.2, 0.25) is 0 Å². The molecule has 2 aromatic carbocycles. The third-order valence-corrected chi connectivity index (χ3v) is 4.46. The summed E-state index contributed by atoms with van der Waals surface area (Å²) in [5.41, 5.74) is -1.59. The Balaban J connectivity index is 2.01. The van der Waals surface area contributed by atoms with E-state index in [1.165, 1.54) is 0 Å². The van der Waals surface area contributed by atoms with Crippen molar-refractivity contribution in [2.45, 2.75) is 37.5 Å². The summed E-state index contributed by atoms with van der Waals surface area (Å²) < 4.78 is 45.9. The van der Waals surface area contributed by atoms with E-state index in [0.29, 0.717) is 12.8 Å². The van der Waals surface area contributed by atoms with Crippen molar-refractivity contribution in [1.29, 1.82) is 0 Å². The molecule has 6 heteroatoms. The number of ether oxygens (including phenoxy) is 1. The van der Waals surface area contributed by atoms with Gasteiger partial charge in [-0.3, -0.25) is 0 Å². The maximum atomic E-state index is 13.4. The molecule has 0 unspecified atom stereocenters. The molecule has 0 radical (unpaired) electrons. The quantitative estimate of drug-likeness (QED) is 0.756. The molecule has 1 saturated carbocycles. The van der Waals surface area contributed by atoms with Crippen LogP contribution in [0, 0.1) is 11.8 Å². The second-order valence-corrected chi connectivity index (χ2v) is 6.43. The zero-order valence-electron chi connectivity index (χ0n) is 14.3. The summed E-state index contributed by atoms with van der Waals surface area (Å²) in [5.74, 6) is 4.16. The standard InChI is InChI=1S/C21H17F3O3/c22-21(23,24)17-9-8-16(19(25)26)14-18(17)27-20(11-4-5-12-20)13-10-15-6-2-1-3-7-15/h1-3,6-9,14H,4-5,11-12H2,(H,25,26). The van der Waals surface area contributed by atoms with Crippen LogP contribution in [0.15, 0.2) is 48.5 Å². The van der Waals surface area contributed by atoms with E-state index in [1.807, 2.05) is 30.3 Å². The molecule has 140 valence electrons. The Kier molecular flexibility index (Phi) is 5.13. The molecule has 1 fully saturated rings. The Morgan fingerprint density at radius 1 is 1.07 bits per heavy atom. The highest BCUT2D eigenvalue weighted by molar-refractivity contribution is 5.88. The summed E-state index contributed by atoms with van der Waals surface area (Å²) in [6, 6.07) is 11.7. The predicted octanol–water partition coefficient (Wildman–Crippen LogP) is 5.15. The summed E-state index contributed by atoms with van der Waals surface area (Å²) in [7, 11) is 0. The van der Waals surface area contributed by atoms with Crippen molar-refractivity contribution in [1.82, 2.24) is 0 Å². The number of hydrogen-bond acceptors (Lipinski definition) is 2. The van der Waals surface area contributed by atoms with Crippen LogP contribution < -0.4 is 4.74 Å². The zero-order valence-corrected chi connectivity index (χ0v) is 14.3. The molecule has 1 aliphatic rings. The van der Waals surface area contributed by atoms with Crippen molar-refractivity contribution >= 4 is 5.97 Å². The van der Waals surface area contributed by atoms with Crippen LogP contribution >= 0.6 is 0 Å². The Morgan fingerprint density at radius 3 is 2.33 bits per heavy atom. The van der Waals surface area contributed by atoms with Gasteiger partial charge in [-0.05, 0) is 56.0 Å². The van der Waals surface area contributed by atoms with Crippen LogP contribution in [0.5, 0.6) is 5.75 Å². The van der Waals surface area contributed by atoms with Gasteiger partial charge in [-0.25, -0.2) is 4.79 Å². The Morgan fingerprint density at radius 2 is 1.74 bits per heavy atom. The smallest absolute Gasteiger partial charge is 0.419 e.